The standard InChI is InChI=1S/C19H23N3O2/c1-2-24-17-10-9-16(19(20)23)18(22-17)14-7-5-13(6-8-14)15-4-3-11-21-12-15/h5-10,15,21H,2-4,11-12H2,1H3,(H2,20,23). The van der Waals surface area contributed by atoms with E-state index in [1.165, 1.54) is 18.4 Å². The van der Waals surface area contributed by atoms with Crippen molar-refractivity contribution < 1.29 is 9.53 Å². The summed E-state index contributed by atoms with van der Waals surface area (Å²) in [6.07, 6.45) is 2.41. The highest BCUT2D eigenvalue weighted by Crippen LogP contribution is 2.28. The van der Waals surface area contributed by atoms with Gasteiger partial charge in [-0.3, -0.25) is 4.79 Å². The van der Waals surface area contributed by atoms with Gasteiger partial charge in [0, 0.05) is 18.2 Å². The van der Waals surface area contributed by atoms with Crippen LogP contribution in [-0.2, 0) is 0 Å². The summed E-state index contributed by atoms with van der Waals surface area (Å²) in [6.45, 7) is 4.54. The summed E-state index contributed by atoms with van der Waals surface area (Å²) in [4.78, 5) is 16.2. The van der Waals surface area contributed by atoms with Gasteiger partial charge in [0.25, 0.3) is 5.91 Å². The van der Waals surface area contributed by atoms with Gasteiger partial charge in [-0.2, -0.15) is 0 Å². The lowest BCUT2D eigenvalue weighted by Crippen LogP contribution is -2.28. The van der Waals surface area contributed by atoms with Gasteiger partial charge in [0.15, 0.2) is 0 Å². The number of hydrogen-bond donors (Lipinski definition) is 2. The first-order valence-corrected chi connectivity index (χ1v) is 8.43. The molecule has 1 aromatic heterocycles. The van der Waals surface area contributed by atoms with Crippen LogP contribution >= 0.6 is 0 Å². The van der Waals surface area contributed by atoms with E-state index in [1.54, 1.807) is 12.1 Å². The van der Waals surface area contributed by atoms with Crippen molar-refractivity contribution in [3.63, 3.8) is 0 Å². The van der Waals surface area contributed by atoms with E-state index in [4.69, 9.17) is 10.5 Å². The Bertz CT molecular complexity index is 707. The molecule has 1 aromatic carbocycles. The van der Waals surface area contributed by atoms with Gasteiger partial charge in [0.05, 0.1) is 17.9 Å². The number of benzene rings is 1. The zero-order valence-electron chi connectivity index (χ0n) is 13.9. The number of carbonyl (C=O) groups excluding carboxylic acids is 1. The molecule has 5 heteroatoms. The Morgan fingerprint density at radius 2 is 2.08 bits per heavy atom. The molecule has 1 saturated heterocycles. The second-order valence-corrected chi connectivity index (χ2v) is 6.01. The van der Waals surface area contributed by atoms with Crippen molar-refractivity contribution in [2.24, 2.45) is 5.73 Å². The summed E-state index contributed by atoms with van der Waals surface area (Å²) in [5, 5.41) is 3.44. The zero-order valence-corrected chi connectivity index (χ0v) is 13.9. The Kier molecular flexibility index (Phi) is 5.11. The van der Waals surface area contributed by atoms with Crippen LogP contribution < -0.4 is 15.8 Å². The van der Waals surface area contributed by atoms with Crippen molar-refractivity contribution in [1.82, 2.24) is 10.3 Å². The number of hydrogen-bond acceptors (Lipinski definition) is 4. The lowest BCUT2D eigenvalue weighted by molar-refractivity contribution is 0.100. The first kappa shape index (κ1) is 16.5. The zero-order chi connectivity index (χ0) is 16.9. The van der Waals surface area contributed by atoms with Crippen LogP contribution in [0.3, 0.4) is 0 Å². The van der Waals surface area contributed by atoms with E-state index >= 15 is 0 Å². The van der Waals surface area contributed by atoms with Gasteiger partial charge in [-0.25, -0.2) is 4.98 Å². The number of nitrogens with two attached hydrogens (primary N) is 1. The molecule has 0 saturated carbocycles. The number of aromatic nitrogens is 1. The number of piperidine rings is 1. The first-order valence-electron chi connectivity index (χ1n) is 8.43. The van der Waals surface area contributed by atoms with Crippen molar-refractivity contribution in [2.45, 2.75) is 25.7 Å². The van der Waals surface area contributed by atoms with E-state index < -0.39 is 5.91 Å². The summed E-state index contributed by atoms with van der Waals surface area (Å²) < 4.78 is 5.45. The van der Waals surface area contributed by atoms with E-state index in [2.05, 4.69) is 22.4 Å². The lowest BCUT2D eigenvalue weighted by Gasteiger charge is -2.23. The number of nitrogens with one attached hydrogen (secondary N) is 1. The molecule has 1 aliphatic rings. The number of rotatable bonds is 5. The van der Waals surface area contributed by atoms with Crippen molar-refractivity contribution >= 4 is 5.91 Å². The van der Waals surface area contributed by atoms with Crippen molar-refractivity contribution in [3.8, 4) is 17.1 Å². The minimum absolute atomic E-state index is 0.408. The Labute approximate surface area is 142 Å². The summed E-state index contributed by atoms with van der Waals surface area (Å²) in [6, 6.07) is 11.6. The third-order valence-corrected chi connectivity index (χ3v) is 4.38. The maximum Gasteiger partial charge on any atom is 0.250 e. The van der Waals surface area contributed by atoms with E-state index in [0.717, 1.165) is 18.7 Å². The normalized spacial score (nSPS) is 17.5. The van der Waals surface area contributed by atoms with E-state index in [1.807, 2.05) is 19.1 Å². The topological polar surface area (TPSA) is 77.2 Å². The Morgan fingerprint density at radius 3 is 2.71 bits per heavy atom. The highest BCUT2D eigenvalue weighted by atomic mass is 16.5. The fourth-order valence-corrected chi connectivity index (χ4v) is 3.14. The highest BCUT2D eigenvalue weighted by molar-refractivity contribution is 5.98. The summed E-state index contributed by atoms with van der Waals surface area (Å²) in [5.41, 5.74) is 8.66. The molecular weight excluding hydrogens is 302 g/mol. The van der Waals surface area contributed by atoms with Crippen molar-refractivity contribution in [1.29, 1.82) is 0 Å². The number of ether oxygens (including phenoxy) is 1. The van der Waals surface area contributed by atoms with Gasteiger partial charge in [0.1, 0.15) is 0 Å². The van der Waals surface area contributed by atoms with E-state index in [-0.39, 0.29) is 0 Å². The van der Waals surface area contributed by atoms with Gasteiger partial charge < -0.3 is 15.8 Å². The van der Waals surface area contributed by atoms with Gasteiger partial charge in [-0.05, 0) is 43.9 Å². The minimum atomic E-state index is -0.485. The number of nitrogens with zero attached hydrogens (tertiary/aromatic N) is 1. The Morgan fingerprint density at radius 1 is 1.29 bits per heavy atom. The van der Waals surface area contributed by atoms with Crippen LogP contribution in [0.2, 0.25) is 0 Å². The molecule has 126 valence electrons. The number of primary amides is 1. The summed E-state index contributed by atoms with van der Waals surface area (Å²) >= 11 is 0. The Hall–Kier alpha value is -2.40. The molecule has 5 nitrogen and oxygen atoms in total. The smallest absolute Gasteiger partial charge is 0.250 e. The fraction of sp³-hybridized carbons (Fsp3) is 0.368. The van der Waals surface area contributed by atoms with Crippen LogP contribution in [0.1, 0.15) is 41.6 Å². The van der Waals surface area contributed by atoms with Gasteiger partial charge in [-0.15, -0.1) is 0 Å². The predicted octanol–water partition coefficient (Wildman–Crippen LogP) is 2.71. The van der Waals surface area contributed by atoms with Crippen LogP contribution in [0.25, 0.3) is 11.3 Å². The van der Waals surface area contributed by atoms with Crippen molar-refractivity contribution in [2.75, 3.05) is 19.7 Å². The molecule has 1 aliphatic heterocycles. The average molecular weight is 325 g/mol. The van der Waals surface area contributed by atoms with Gasteiger partial charge >= 0.3 is 0 Å². The quantitative estimate of drug-likeness (QED) is 0.886. The van der Waals surface area contributed by atoms with Gasteiger partial charge in [-0.1, -0.05) is 24.3 Å². The molecule has 3 N–H and O–H groups in total. The number of amides is 1. The maximum atomic E-state index is 11.7. The molecule has 0 radical (unpaired) electrons. The van der Waals surface area contributed by atoms with Crippen LogP contribution in [0, 0.1) is 0 Å². The third kappa shape index (κ3) is 3.57. The largest absolute Gasteiger partial charge is 0.478 e. The van der Waals surface area contributed by atoms with E-state index in [9.17, 15) is 4.79 Å². The van der Waals surface area contributed by atoms with Gasteiger partial charge in [0.2, 0.25) is 5.88 Å². The molecule has 1 atom stereocenters. The molecule has 1 unspecified atom stereocenters. The molecule has 2 aromatic rings. The Balaban J connectivity index is 1.92. The number of pyridine rings is 1. The monoisotopic (exact) mass is 325 g/mol. The molecule has 0 spiro atoms. The fourth-order valence-electron chi connectivity index (χ4n) is 3.14. The second kappa shape index (κ2) is 7.45. The molecular formula is C19H23N3O2. The lowest BCUT2D eigenvalue weighted by atomic mass is 9.90. The highest BCUT2D eigenvalue weighted by Gasteiger charge is 2.17. The predicted molar refractivity (Wildman–Crippen MR) is 94.2 cm³/mol. The van der Waals surface area contributed by atoms with Crippen molar-refractivity contribution in [3.05, 3.63) is 47.5 Å². The molecule has 2 heterocycles. The second-order valence-electron chi connectivity index (χ2n) is 6.01. The summed E-state index contributed by atoms with van der Waals surface area (Å²) in [5.74, 6) is 0.560. The molecule has 0 aliphatic carbocycles. The van der Waals surface area contributed by atoms with Crippen LogP contribution in [-0.4, -0.2) is 30.6 Å². The molecule has 1 fully saturated rings. The first-order chi connectivity index (χ1) is 11.7. The average Bonchev–Trinajstić information content (AvgIpc) is 2.63. The minimum Gasteiger partial charge on any atom is -0.478 e. The molecule has 1 amide bonds. The summed E-state index contributed by atoms with van der Waals surface area (Å²) in [7, 11) is 0. The van der Waals surface area contributed by atoms with Crippen LogP contribution in [0.15, 0.2) is 36.4 Å². The molecule has 3 rings (SSSR count). The van der Waals surface area contributed by atoms with Crippen LogP contribution in [0.5, 0.6) is 5.88 Å². The third-order valence-electron chi connectivity index (χ3n) is 4.38. The SMILES string of the molecule is CCOc1ccc(C(N)=O)c(-c2ccc(C3CCCNC3)cc2)n1. The van der Waals surface area contributed by atoms with E-state index in [0.29, 0.717) is 29.7 Å². The molecule has 0 bridgehead atoms. The molecule has 24 heavy (non-hydrogen) atoms. The van der Waals surface area contributed by atoms with Crippen LogP contribution in [0.4, 0.5) is 0 Å². The number of carbonyl (C=O) groups is 1. The maximum absolute atomic E-state index is 11.7.